The van der Waals surface area contributed by atoms with Crippen LogP contribution in [-0.2, 0) is 19.4 Å². The Labute approximate surface area is 132 Å². The van der Waals surface area contributed by atoms with Crippen molar-refractivity contribution in [2.24, 2.45) is 11.8 Å². The Morgan fingerprint density at radius 1 is 1.00 bits per heavy atom. The van der Waals surface area contributed by atoms with Gasteiger partial charge in [0, 0.05) is 23.8 Å². The highest BCUT2D eigenvalue weighted by Crippen LogP contribution is 2.38. The molecule has 1 aromatic carbocycles. The fourth-order valence-corrected chi connectivity index (χ4v) is 5.30. The van der Waals surface area contributed by atoms with E-state index in [1.54, 1.807) is 18.2 Å². The lowest BCUT2D eigenvalue weighted by Crippen LogP contribution is -2.52. The maximum atomic E-state index is 12.6. The second-order valence-corrected chi connectivity index (χ2v) is 7.96. The topological polar surface area (TPSA) is 114 Å². The minimum absolute atomic E-state index is 0.0228. The fourth-order valence-electron chi connectivity index (χ4n) is 2.75. The van der Waals surface area contributed by atoms with Crippen molar-refractivity contribution in [1.82, 2.24) is 0 Å². The Kier molecular flexibility index (Phi) is 4.77. The van der Waals surface area contributed by atoms with Gasteiger partial charge in [0.1, 0.15) is 0 Å². The number of hydrogen-bond acceptors (Lipinski definition) is 6. The standard InChI is InChI=1S/C14H15ClO6S/c15-11-6-9(13(16)17)10(14(18)19)7-12(11)22(20,21)8-4-2-1-3-5-8/h1-5,9-12H,6-7H2,(H,16,17)(H,18,19)/p-2/t9-,10+,11+,12-/m1/s1. The van der Waals surface area contributed by atoms with Crippen LogP contribution in [0.3, 0.4) is 0 Å². The van der Waals surface area contributed by atoms with E-state index in [2.05, 4.69) is 0 Å². The van der Waals surface area contributed by atoms with Crippen LogP contribution in [0, 0.1) is 11.8 Å². The van der Waals surface area contributed by atoms with Gasteiger partial charge < -0.3 is 19.8 Å². The lowest BCUT2D eigenvalue weighted by Gasteiger charge is -2.39. The highest BCUT2D eigenvalue weighted by molar-refractivity contribution is 7.92. The summed E-state index contributed by atoms with van der Waals surface area (Å²) in [5, 5.41) is 20.0. The predicted molar refractivity (Wildman–Crippen MR) is 73.3 cm³/mol. The Morgan fingerprint density at radius 2 is 1.50 bits per heavy atom. The summed E-state index contributed by atoms with van der Waals surface area (Å²) >= 11 is 6.04. The van der Waals surface area contributed by atoms with Crippen LogP contribution < -0.4 is 10.2 Å². The Morgan fingerprint density at radius 3 is 2.00 bits per heavy atom. The summed E-state index contributed by atoms with van der Waals surface area (Å²) < 4.78 is 25.2. The average molecular weight is 345 g/mol. The van der Waals surface area contributed by atoms with Gasteiger partial charge in [0.25, 0.3) is 0 Å². The number of aliphatic carboxylic acids is 2. The van der Waals surface area contributed by atoms with E-state index in [-0.39, 0.29) is 11.3 Å². The minimum Gasteiger partial charge on any atom is -0.550 e. The predicted octanol–water partition coefficient (Wildman–Crippen LogP) is -1.04. The van der Waals surface area contributed by atoms with Crippen LogP contribution in [0.2, 0.25) is 0 Å². The third-order valence-electron chi connectivity index (χ3n) is 3.93. The van der Waals surface area contributed by atoms with Gasteiger partial charge in [-0.25, -0.2) is 8.42 Å². The highest BCUT2D eigenvalue weighted by Gasteiger charge is 2.44. The molecule has 0 radical (unpaired) electrons. The summed E-state index contributed by atoms with van der Waals surface area (Å²) in [4.78, 5) is 22.2. The zero-order valence-corrected chi connectivity index (χ0v) is 12.9. The third kappa shape index (κ3) is 3.10. The highest BCUT2D eigenvalue weighted by atomic mass is 35.5. The first-order valence-corrected chi connectivity index (χ1v) is 8.58. The summed E-state index contributed by atoms with van der Waals surface area (Å²) in [6.45, 7) is 0. The van der Waals surface area contributed by atoms with Crippen molar-refractivity contribution < 1.29 is 28.2 Å². The van der Waals surface area contributed by atoms with Crippen molar-refractivity contribution in [3.63, 3.8) is 0 Å². The number of rotatable bonds is 4. The number of hydrogen-bond donors (Lipinski definition) is 0. The van der Waals surface area contributed by atoms with E-state index in [4.69, 9.17) is 11.6 Å². The first kappa shape index (κ1) is 16.8. The quantitative estimate of drug-likeness (QED) is 0.645. The SMILES string of the molecule is O=C([O-])[C@H]1C[C@@H](S(=O)(=O)c2ccccc2)[C@@H](Cl)C[C@H]1C(=O)[O-]. The van der Waals surface area contributed by atoms with Gasteiger partial charge >= 0.3 is 0 Å². The lowest BCUT2D eigenvalue weighted by molar-refractivity contribution is -0.328. The van der Waals surface area contributed by atoms with Gasteiger partial charge in [0.05, 0.1) is 15.5 Å². The van der Waals surface area contributed by atoms with E-state index in [1.165, 1.54) is 12.1 Å². The maximum absolute atomic E-state index is 12.6. The summed E-state index contributed by atoms with van der Waals surface area (Å²) in [6.07, 6.45) is -0.703. The Bertz CT molecular complexity index is 672. The lowest BCUT2D eigenvalue weighted by atomic mass is 9.79. The summed E-state index contributed by atoms with van der Waals surface area (Å²) in [5.74, 6) is -5.96. The number of carbonyl (C=O) groups excluding carboxylic acids is 2. The Balaban J connectivity index is 2.36. The molecule has 1 aliphatic rings. The molecule has 1 aromatic rings. The molecule has 8 heteroatoms. The molecule has 22 heavy (non-hydrogen) atoms. The van der Waals surface area contributed by atoms with E-state index < -0.39 is 50.7 Å². The molecule has 2 rings (SSSR count). The van der Waals surface area contributed by atoms with Crippen LogP contribution in [-0.4, -0.2) is 31.0 Å². The van der Waals surface area contributed by atoms with Crippen molar-refractivity contribution in [3.8, 4) is 0 Å². The molecular formula is C14H13ClO6S-2. The van der Waals surface area contributed by atoms with Gasteiger partial charge in [0.15, 0.2) is 9.84 Å². The average Bonchev–Trinajstić information content (AvgIpc) is 2.47. The number of carboxylic acids is 2. The normalized spacial score (nSPS) is 29.0. The van der Waals surface area contributed by atoms with Gasteiger partial charge in [-0.2, -0.15) is 0 Å². The van der Waals surface area contributed by atoms with E-state index in [1.807, 2.05) is 0 Å². The maximum Gasteiger partial charge on any atom is 0.182 e. The molecule has 1 aliphatic carbocycles. The Hall–Kier alpha value is -1.60. The molecular weight excluding hydrogens is 332 g/mol. The molecule has 6 nitrogen and oxygen atoms in total. The minimum atomic E-state index is -3.86. The number of benzene rings is 1. The molecule has 0 bridgehead atoms. The van der Waals surface area contributed by atoms with E-state index in [0.717, 1.165) is 0 Å². The number of halogens is 1. The molecule has 0 amide bonds. The van der Waals surface area contributed by atoms with Crippen LogP contribution in [0.15, 0.2) is 35.2 Å². The molecule has 1 fully saturated rings. The smallest absolute Gasteiger partial charge is 0.182 e. The van der Waals surface area contributed by atoms with Gasteiger partial charge in [-0.1, -0.05) is 18.2 Å². The number of alkyl halides is 1. The molecule has 4 atom stereocenters. The largest absolute Gasteiger partial charge is 0.550 e. The second kappa shape index (κ2) is 6.26. The number of sulfone groups is 1. The third-order valence-corrected chi connectivity index (χ3v) is 6.81. The molecule has 0 unspecified atom stereocenters. The number of carboxylic acid groups (broad SMARTS) is 2. The molecule has 0 saturated heterocycles. The van der Waals surface area contributed by atoms with Crippen LogP contribution in [0.25, 0.3) is 0 Å². The van der Waals surface area contributed by atoms with Gasteiger partial charge in [-0.15, -0.1) is 11.6 Å². The molecule has 1 saturated carbocycles. The monoisotopic (exact) mass is 344 g/mol. The molecule has 0 aromatic heterocycles. The second-order valence-electron chi connectivity index (χ2n) is 5.23. The van der Waals surface area contributed by atoms with Gasteiger partial charge in [-0.3, -0.25) is 0 Å². The van der Waals surface area contributed by atoms with Gasteiger partial charge in [0.2, 0.25) is 0 Å². The zero-order valence-electron chi connectivity index (χ0n) is 11.3. The first-order valence-electron chi connectivity index (χ1n) is 6.60. The van der Waals surface area contributed by atoms with Crippen molar-refractivity contribution in [3.05, 3.63) is 30.3 Å². The number of carbonyl (C=O) groups is 2. The van der Waals surface area contributed by atoms with Crippen molar-refractivity contribution in [2.75, 3.05) is 0 Å². The molecule has 0 aliphatic heterocycles. The molecule has 120 valence electrons. The summed E-state index contributed by atoms with van der Waals surface area (Å²) in [5.41, 5.74) is 0. The van der Waals surface area contributed by atoms with Crippen LogP contribution in [0.5, 0.6) is 0 Å². The van der Waals surface area contributed by atoms with E-state index >= 15 is 0 Å². The summed E-state index contributed by atoms with van der Waals surface area (Å²) in [6, 6.07) is 7.50. The molecule has 0 spiro atoms. The van der Waals surface area contributed by atoms with Crippen LogP contribution >= 0.6 is 11.6 Å². The zero-order chi connectivity index (χ0) is 16.5. The van der Waals surface area contributed by atoms with E-state index in [9.17, 15) is 28.2 Å². The van der Waals surface area contributed by atoms with Crippen LogP contribution in [0.1, 0.15) is 12.8 Å². The first-order chi connectivity index (χ1) is 10.2. The van der Waals surface area contributed by atoms with Crippen molar-refractivity contribution >= 4 is 33.4 Å². The molecule has 0 heterocycles. The van der Waals surface area contributed by atoms with Crippen molar-refractivity contribution in [1.29, 1.82) is 0 Å². The summed E-state index contributed by atoms with van der Waals surface area (Å²) in [7, 11) is -3.86. The molecule has 0 N–H and O–H groups in total. The van der Waals surface area contributed by atoms with Crippen molar-refractivity contribution in [2.45, 2.75) is 28.4 Å². The fraction of sp³-hybridized carbons (Fsp3) is 0.429. The van der Waals surface area contributed by atoms with Gasteiger partial charge in [-0.05, 0) is 25.0 Å². The van der Waals surface area contributed by atoms with Crippen LogP contribution in [0.4, 0.5) is 0 Å². The van der Waals surface area contributed by atoms with E-state index in [0.29, 0.717) is 0 Å².